The van der Waals surface area contributed by atoms with E-state index in [9.17, 15) is 9.59 Å². The Morgan fingerprint density at radius 2 is 1.75 bits per heavy atom. The van der Waals surface area contributed by atoms with Crippen LogP contribution < -0.4 is 10.6 Å². The SMILES string of the molecule is O=C(NCCCCl)C(=O)Nc1ccc2ccccc2c1. The van der Waals surface area contributed by atoms with Crippen LogP contribution in [0.5, 0.6) is 0 Å². The van der Waals surface area contributed by atoms with Crippen LogP contribution >= 0.6 is 11.6 Å². The monoisotopic (exact) mass is 290 g/mol. The minimum absolute atomic E-state index is 0.396. The Morgan fingerprint density at radius 1 is 1.00 bits per heavy atom. The molecule has 2 N–H and O–H groups in total. The van der Waals surface area contributed by atoms with Gasteiger partial charge in [0.1, 0.15) is 0 Å². The van der Waals surface area contributed by atoms with Gasteiger partial charge in [0.2, 0.25) is 0 Å². The summed E-state index contributed by atoms with van der Waals surface area (Å²) in [6.45, 7) is 0.396. The van der Waals surface area contributed by atoms with Crippen LogP contribution in [0.15, 0.2) is 42.5 Å². The van der Waals surface area contributed by atoms with E-state index >= 15 is 0 Å². The van der Waals surface area contributed by atoms with Gasteiger partial charge in [0, 0.05) is 18.1 Å². The predicted octanol–water partition coefficient (Wildman–Crippen LogP) is 2.52. The number of amides is 2. The Labute approximate surface area is 122 Å². The highest BCUT2D eigenvalue weighted by atomic mass is 35.5. The maximum absolute atomic E-state index is 11.7. The summed E-state index contributed by atoms with van der Waals surface area (Å²) in [4.78, 5) is 23.2. The van der Waals surface area contributed by atoms with Crippen molar-refractivity contribution in [2.75, 3.05) is 17.7 Å². The van der Waals surface area contributed by atoms with Gasteiger partial charge < -0.3 is 10.6 Å². The molecule has 2 rings (SSSR count). The Hall–Kier alpha value is -2.07. The van der Waals surface area contributed by atoms with Crippen LogP contribution in [0.2, 0.25) is 0 Å². The molecule has 4 nitrogen and oxygen atoms in total. The molecule has 0 fully saturated rings. The molecule has 2 amide bonds. The summed E-state index contributed by atoms with van der Waals surface area (Å²) >= 11 is 5.50. The number of benzene rings is 2. The van der Waals surface area contributed by atoms with Crippen LogP contribution in [0.1, 0.15) is 6.42 Å². The van der Waals surface area contributed by atoms with E-state index in [0.29, 0.717) is 24.5 Å². The molecule has 0 aliphatic rings. The zero-order valence-corrected chi connectivity index (χ0v) is 11.6. The first-order valence-corrected chi connectivity index (χ1v) is 6.88. The molecule has 104 valence electrons. The Kier molecular flexibility index (Phi) is 4.96. The van der Waals surface area contributed by atoms with Crippen molar-refractivity contribution in [1.82, 2.24) is 5.32 Å². The maximum atomic E-state index is 11.7. The number of nitrogens with one attached hydrogen (secondary N) is 2. The smallest absolute Gasteiger partial charge is 0.313 e. The van der Waals surface area contributed by atoms with E-state index in [1.165, 1.54) is 0 Å². The molecule has 0 atom stereocenters. The lowest BCUT2D eigenvalue weighted by Gasteiger charge is -2.07. The standard InChI is InChI=1S/C15H15ClN2O2/c16-8-3-9-17-14(19)15(20)18-13-7-6-11-4-1-2-5-12(11)10-13/h1-2,4-7,10H,3,8-9H2,(H,17,19)(H,18,20). The first-order valence-electron chi connectivity index (χ1n) is 6.34. The molecule has 0 aliphatic heterocycles. The van der Waals surface area contributed by atoms with Crippen LogP contribution in [0.4, 0.5) is 5.69 Å². The van der Waals surface area contributed by atoms with Crippen LogP contribution in [0.25, 0.3) is 10.8 Å². The molecule has 2 aromatic carbocycles. The van der Waals surface area contributed by atoms with Crippen molar-refractivity contribution >= 4 is 39.9 Å². The Morgan fingerprint density at radius 3 is 2.50 bits per heavy atom. The fourth-order valence-corrected chi connectivity index (χ4v) is 1.94. The summed E-state index contributed by atoms with van der Waals surface area (Å²) in [6, 6.07) is 13.3. The van der Waals surface area contributed by atoms with Gasteiger partial charge in [-0.25, -0.2) is 0 Å². The third-order valence-electron chi connectivity index (χ3n) is 2.81. The highest BCUT2D eigenvalue weighted by Crippen LogP contribution is 2.18. The van der Waals surface area contributed by atoms with Gasteiger partial charge in [-0.15, -0.1) is 11.6 Å². The second kappa shape index (κ2) is 6.91. The normalized spacial score (nSPS) is 10.2. The summed E-state index contributed by atoms with van der Waals surface area (Å²) in [5.41, 5.74) is 0.598. The van der Waals surface area contributed by atoms with E-state index in [1.54, 1.807) is 6.07 Å². The molecule has 0 aromatic heterocycles. The van der Waals surface area contributed by atoms with Crippen molar-refractivity contribution in [2.24, 2.45) is 0 Å². The summed E-state index contributed by atoms with van der Waals surface area (Å²) < 4.78 is 0. The lowest BCUT2D eigenvalue weighted by atomic mass is 10.1. The van der Waals surface area contributed by atoms with Crippen molar-refractivity contribution in [1.29, 1.82) is 0 Å². The van der Waals surface area contributed by atoms with E-state index < -0.39 is 11.8 Å². The van der Waals surface area contributed by atoms with Crippen LogP contribution in [-0.4, -0.2) is 24.2 Å². The van der Waals surface area contributed by atoms with Gasteiger partial charge in [-0.05, 0) is 29.3 Å². The topological polar surface area (TPSA) is 58.2 Å². The number of rotatable bonds is 4. The van der Waals surface area contributed by atoms with Gasteiger partial charge in [-0.3, -0.25) is 9.59 Å². The van der Waals surface area contributed by atoms with Crippen molar-refractivity contribution in [3.8, 4) is 0 Å². The number of carbonyl (C=O) groups is 2. The quantitative estimate of drug-likeness (QED) is 0.516. The minimum atomic E-state index is -0.671. The Bertz CT molecular complexity index is 628. The molecule has 5 heteroatoms. The number of anilines is 1. The molecule has 2 aromatic rings. The fourth-order valence-electron chi connectivity index (χ4n) is 1.80. The number of hydrogen-bond acceptors (Lipinski definition) is 2. The number of fused-ring (bicyclic) bond motifs is 1. The van der Waals surface area contributed by atoms with Crippen molar-refractivity contribution in [2.45, 2.75) is 6.42 Å². The van der Waals surface area contributed by atoms with Crippen molar-refractivity contribution in [3.63, 3.8) is 0 Å². The average molecular weight is 291 g/mol. The zero-order valence-electron chi connectivity index (χ0n) is 10.9. The second-order valence-corrected chi connectivity index (χ2v) is 4.69. The third-order valence-corrected chi connectivity index (χ3v) is 3.08. The largest absolute Gasteiger partial charge is 0.348 e. The molecular weight excluding hydrogens is 276 g/mol. The molecule has 20 heavy (non-hydrogen) atoms. The van der Waals surface area contributed by atoms with Gasteiger partial charge in [0.25, 0.3) is 0 Å². The van der Waals surface area contributed by atoms with E-state index in [1.807, 2.05) is 36.4 Å². The summed E-state index contributed by atoms with van der Waals surface area (Å²) in [6.07, 6.45) is 0.635. The summed E-state index contributed by atoms with van der Waals surface area (Å²) in [5, 5.41) is 7.17. The number of alkyl halides is 1. The summed E-state index contributed by atoms with van der Waals surface area (Å²) in [5.74, 6) is -0.870. The van der Waals surface area contributed by atoms with Crippen LogP contribution in [-0.2, 0) is 9.59 Å². The van der Waals surface area contributed by atoms with Gasteiger partial charge in [0.15, 0.2) is 0 Å². The van der Waals surface area contributed by atoms with Gasteiger partial charge in [-0.1, -0.05) is 30.3 Å². The highest BCUT2D eigenvalue weighted by molar-refractivity contribution is 6.39. The highest BCUT2D eigenvalue weighted by Gasteiger charge is 2.12. The molecule has 0 bridgehead atoms. The second-order valence-electron chi connectivity index (χ2n) is 4.31. The van der Waals surface area contributed by atoms with Gasteiger partial charge >= 0.3 is 11.8 Å². The molecule has 0 heterocycles. The maximum Gasteiger partial charge on any atom is 0.313 e. The molecule has 0 spiro atoms. The molecule has 0 saturated carbocycles. The molecular formula is C15H15ClN2O2. The van der Waals surface area contributed by atoms with Crippen LogP contribution in [0.3, 0.4) is 0 Å². The fraction of sp³-hybridized carbons (Fsp3) is 0.200. The van der Waals surface area contributed by atoms with E-state index in [-0.39, 0.29) is 0 Å². The third kappa shape index (κ3) is 3.71. The molecule has 0 aliphatic carbocycles. The summed E-state index contributed by atoms with van der Waals surface area (Å²) in [7, 11) is 0. The first-order chi connectivity index (χ1) is 9.70. The van der Waals surface area contributed by atoms with E-state index in [0.717, 1.165) is 10.8 Å². The van der Waals surface area contributed by atoms with Gasteiger partial charge in [-0.2, -0.15) is 0 Å². The molecule has 0 radical (unpaired) electrons. The number of hydrogen-bond donors (Lipinski definition) is 2. The van der Waals surface area contributed by atoms with Crippen molar-refractivity contribution in [3.05, 3.63) is 42.5 Å². The zero-order chi connectivity index (χ0) is 14.4. The number of halogens is 1. The number of carbonyl (C=O) groups excluding carboxylic acids is 2. The van der Waals surface area contributed by atoms with E-state index in [4.69, 9.17) is 11.6 Å². The predicted molar refractivity (Wildman–Crippen MR) is 80.9 cm³/mol. The van der Waals surface area contributed by atoms with Crippen molar-refractivity contribution < 1.29 is 9.59 Å². The average Bonchev–Trinajstić information content (AvgIpc) is 2.47. The van der Waals surface area contributed by atoms with Crippen LogP contribution in [0, 0.1) is 0 Å². The van der Waals surface area contributed by atoms with E-state index in [2.05, 4.69) is 10.6 Å². The first kappa shape index (κ1) is 14.3. The minimum Gasteiger partial charge on any atom is -0.348 e. The molecule has 0 saturated heterocycles. The molecule has 0 unspecified atom stereocenters. The lowest BCUT2D eigenvalue weighted by molar-refractivity contribution is -0.136. The van der Waals surface area contributed by atoms with Gasteiger partial charge in [0.05, 0.1) is 0 Å². The lowest BCUT2D eigenvalue weighted by Crippen LogP contribution is -2.36. The Balaban J connectivity index is 2.00.